The minimum Gasteiger partial charge on any atom is -0.353 e. The molecule has 82 valence electrons. The minimum atomic E-state index is 0.364. The first-order valence-electron chi connectivity index (χ1n) is 5.42. The maximum Gasteiger partial charge on any atom is 0.206 e. The molecule has 0 amide bonds. The topological polar surface area (TPSA) is 62.4 Å². The fourth-order valence-electron chi connectivity index (χ4n) is 1.87. The van der Waals surface area contributed by atoms with Crippen molar-refractivity contribution in [2.45, 2.75) is 52.1 Å². The maximum absolute atomic E-state index is 5.39. The van der Waals surface area contributed by atoms with E-state index in [9.17, 15) is 0 Å². The van der Waals surface area contributed by atoms with E-state index < -0.39 is 0 Å². The van der Waals surface area contributed by atoms with Crippen LogP contribution >= 0.6 is 0 Å². The Morgan fingerprint density at radius 1 is 1.43 bits per heavy atom. The Labute approximate surface area is 86.3 Å². The van der Waals surface area contributed by atoms with Crippen molar-refractivity contribution in [2.24, 2.45) is 16.8 Å². The Balaban J connectivity index is 2.46. The van der Waals surface area contributed by atoms with Gasteiger partial charge in [-0.2, -0.15) is 0 Å². The van der Waals surface area contributed by atoms with E-state index in [1.165, 1.54) is 19.3 Å². The fraction of sp³-hybridized carbons (Fsp3) is 0.900. The summed E-state index contributed by atoms with van der Waals surface area (Å²) in [4.78, 5) is 4.55. The first kappa shape index (κ1) is 11.3. The Kier molecular flexibility index (Phi) is 4.20. The quantitative estimate of drug-likeness (QED) is 0.268. The van der Waals surface area contributed by atoms with Crippen molar-refractivity contribution >= 4 is 5.96 Å². The molecule has 14 heavy (non-hydrogen) atoms. The molecule has 2 unspecified atom stereocenters. The molecular formula is C10H22N4. The van der Waals surface area contributed by atoms with E-state index in [1.54, 1.807) is 0 Å². The van der Waals surface area contributed by atoms with Crippen molar-refractivity contribution in [3.8, 4) is 0 Å². The Morgan fingerprint density at radius 2 is 2.14 bits per heavy atom. The zero-order valence-electron chi connectivity index (χ0n) is 9.38. The lowest BCUT2D eigenvalue weighted by Gasteiger charge is -2.14. The average molecular weight is 198 g/mol. The highest BCUT2D eigenvalue weighted by atomic mass is 15.3. The molecule has 4 heteroatoms. The fourth-order valence-corrected chi connectivity index (χ4v) is 1.87. The lowest BCUT2D eigenvalue weighted by molar-refractivity contribution is 0.590. The molecule has 1 saturated carbocycles. The summed E-state index contributed by atoms with van der Waals surface area (Å²) in [5.74, 6) is 6.92. The van der Waals surface area contributed by atoms with Crippen LogP contribution < -0.4 is 16.6 Å². The maximum atomic E-state index is 5.39. The molecular weight excluding hydrogens is 176 g/mol. The van der Waals surface area contributed by atoms with Gasteiger partial charge in [0, 0.05) is 6.04 Å². The molecule has 4 nitrogen and oxygen atoms in total. The lowest BCUT2D eigenvalue weighted by atomic mass is 10.1. The van der Waals surface area contributed by atoms with Gasteiger partial charge in [0.1, 0.15) is 0 Å². The van der Waals surface area contributed by atoms with E-state index in [1.807, 2.05) is 0 Å². The molecule has 0 spiro atoms. The average Bonchev–Trinajstić information content (AvgIpc) is 2.49. The van der Waals surface area contributed by atoms with Crippen LogP contribution in [0.1, 0.15) is 40.0 Å². The summed E-state index contributed by atoms with van der Waals surface area (Å²) in [5, 5.41) is 3.19. The number of hydrazine groups is 1. The van der Waals surface area contributed by atoms with Crippen LogP contribution in [-0.4, -0.2) is 18.0 Å². The number of aliphatic imine (C=N–C) groups is 1. The molecule has 1 fully saturated rings. The molecule has 0 aromatic rings. The monoisotopic (exact) mass is 198 g/mol. The van der Waals surface area contributed by atoms with Gasteiger partial charge in [-0.15, -0.1) is 0 Å². The summed E-state index contributed by atoms with van der Waals surface area (Å²) in [5.41, 5.74) is 2.61. The van der Waals surface area contributed by atoms with Crippen molar-refractivity contribution < 1.29 is 0 Å². The number of nitrogens with one attached hydrogen (secondary N) is 2. The molecule has 4 N–H and O–H groups in total. The second-order valence-electron chi connectivity index (χ2n) is 4.49. The van der Waals surface area contributed by atoms with Gasteiger partial charge in [-0.3, -0.25) is 5.43 Å². The summed E-state index contributed by atoms with van der Waals surface area (Å²) in [6.45, 7) is 6.43. The van der Waals surface area contributed by atoms with Crippen molar-refractivity contribution in [3.05, 3.63) is 0 Å². The van der Waals surface area contributed by atoms with Crippen LogP contribution in [0, 0.1) is 5.92 Å². The van der Waals surface area contributed by atoms with Gasteiger partial charge in [0.05, 0.1) is 6.04 Å². The molecule has 0 aromatic carbocycles. The van der Waals surface area contributed by atoms with Gasteiger partial charge < -0.3 is 5.32 Å². The van der Waals surface area contributed by atoms with E-state index in [4.69, 9.17) is 5.84 Å². The smallest absolute Gasteiger partial charge is 0.206 e. The first-order chi connectivity index (χ1) is 6.61. The van der Waals surface area contributed by atoms with Crippen molar-refractivity contribution in [3.63, 3.8) is 0 Å². The Bertz CT molecular complexity index is 200. The van der Waals surface area contributed by atoms with Gasteiger partial charge in [0.2, 0.25) is 5.96 Å². The third kappa shape index (κ3) is 3.54. The van der Waals surface area contributed by atoms with Gasteiger partial charge in [0.15, 0.2) is 0 Å². The molecule has 0 bridgehead atoms. The van der Waals surface area contributed by atoms with Crippen LogP contribution in [-0.2, 0) is 0 Å². The summed E-state index contributed by atoms with van der Waals surface area (Å²) in [7, 11) is 0. The highest BCUT2D eigenvalue weighted by molar-refractivity contribution is 5.79. The van der Waals surface area contributed by atoms with Crippen LogP contribution in [0.2, 0.25) is 0 Å². The molecule has 1 rings (SSSR count). The predicted molar refractivity (Wildman–Crippen MR) is 59.8 cm³/mol. The lowest BCUT2D eigenvalue weighted by Crippen LogP contribution is -2.45. The molecule has 1 aliphatic rings. The van der Waals surface area contributed by atoms with Gasteiger partial charge in [-0.1, -0.05) is 6.92 Å². The number of hydrogen-bond donors (Lipinski definition) is 3. The van der Waals surface area contributed by atoms with E-state index >= 15 is 0 Å². The second kappa shape index (κ2) is 5.20. The highest BCUT2D eigenvalue weighted by Crippen LogP contribution is 2.26. The summed E-state index contributed by atoms with van der Waals surface area (Å²) >= 11 is 0. The first-order valence-corrected chi connectivity index (χ1v) is 5.42. The zero-order valence-corrected chi connectivity index (χ0v) is 9.38. The van der Waals surface area contributed by atoms with Gasteiger partial charge >= 0.3 is 0 Å². The van der Waals surface area contributed by atoms with Gasteiger partial charge in [-0.25, -0.2) is 10.8 Å². The Hall–Kier alpha value is -0.770. The van der Waals surface area contributed by atoms with Crippen LogP contribution in [0.4, 0.5) is 0 Å². The zero-order chi connectivity index (χ0) is 10.6. The molecule has 0 heterocycles. The second-order valence-corrected chi connectivity index (χ2v) is 4.49. The molecule has 2 atom stereocenters. The summed E-state index contributed by atoms with van der Waals surface area (Å²) in [6, 6.07) is 0.811. The predicted octanol–water partition coefficient (Wildman–Crippen LogP) is 0.992. The number of nitrogens with two attached hydrogens (primary N) is 1. The summed E-state index contributed by atoms with van der Waals surface area (Å²) < 4.78 is 0. The van der Waals surface area contributed by atoms with Crippen LogP contribution in [0.5, 0.6) is 0 Å². The third-order valence-corrected chi connectivity index (χ3v) is 2.54. The number of hydrogen-bond acceptors (Lipinski definition) is 2. The third-order valence-electron chi connectivity index (χ3n) is 2.54. The SMILES string of the molecule is CC1CCC(N=C(NN)NC(C)C)C1. The largest absolute Gasteiger partial charge is 0.353 e. The molecule has 1 aliphatic carbocycles. The van der Waals surface area contributed by atoms with Crippen LogP contribution in [0.25, 0.3) is 0 Å². The molecule has 0 radical (unpaired) electrons. The molecule has 0 saturated heterocycles. The minimum absolute atomic E-state index is 0.364. The summed E-state index contributed by atoms with van der Waals surface area (Å²) in [6.07, 6.45) is 3.66. The van der Waals surface area contributed by atoms with Crippen molar-refractivity contribution in [1.82, 2.24) is 10.7 Å². The molecule has 0 aliphatic heterocycles. The van der Waals surface area contributed by atoms with Crippen LogP contribution in [0.3, 0.4) is 0 Å². The van der Waals surface area contributed by atoms with E-state index in [0.29, 0.717) is 12.1 Å². The van der Waals surface area contributed by atoms with Gasteiger partial charge in [-0.05, 0) is 39.0 Å². The van der Waals surface area contributed by atoms with Crippen molar-refractivity contribution in [1.29, 1.82) is 0 Å². The number of rotatable bonds is 2. The van der Waals surface area contributed by atoms with E-state index in [2.05, 4.69) is 36.5 Å². The number of nitrogens with zero attached hydrogens (tertiary/aromatic N) is 1. The Morgan fingerprint density at radius 3 is 2.57 bits per heavy atom. The van der Waals surface area contributed by atoms with E-state index in [0.717, 1.165) is 11.9 Å². The number of guanidine groups is 1. The normalized spacial score (nSPS) is 28.2. The van der Waals surface area contributed by atoms with Crippen molar-refractivity contribution in [2.75, 3.05) is 0 Å². The van der Waals surface area contributed by atoms with Crippen LogP contribution in [0.15, 0.2) is 4.99 Å². The standard InChI is InChI=1S/C10H22N4/c1-7(2)12-10(14-11)13-9-5-4-8(3)6-9/h7-9H,4-6,11H2,1-3H3,(H2,12,13,14). The van der Waals surface area contributed by atoms with E-state index in [-0.39, 0.29) is 0 Å². The highest BCUT2D eigenvalue weighted by Gasteiger charge is 2.20. The molecule has 0 aromatic heterocycles. The van der Waals surface area contributed by atoms with Gasteiger partial charge in [0.25, 0.3) is 0 Å².